The van der Waals surface area contributed by atoms with Gasteiger partial charge >= 0.3 is 0 Å². The maximum atomic E-state index is 13.7. The highest BCUT2D eigenvalue weighted by atomic mass is 35.5. The smallest absolute Gasteiger partial charge is 0.237 e. The van der Waals surface area contributed by atoms with Crippen molar-refractivity contribution in [1.82, 2.24) is 4.90 Å². The summed E-state index contributed by atoms with van der Waals surface area (Å²) in [5, 5.41) is 0.514. The molecule has 0 bridgehead atoms. The first kappa shape index (κ1) is 19.8. The number of carbonyl (C=O) groups is 4. The summed E-state index contributed by atoms with van der Waals surface area (Å²) in [6, 6.07) is 13.1. The van der Waals surface area contributed by atoms with E-state index in [4.69, 9.17) is 16.3 Å². The van der Waals surface area contributed by atoms with Crippen LogP contribution >= 0.6 is 11.6 Å². The topological polar surface area (TPSA) is 80.8 Å². The van der Waals surface area contributed by atoms with Crippen molar-refractivity contribution >= 4 is 35.0 Å². The van der Waals surface area contributed by atoms with Gasteiger partial charge in [0.05, 0.1) is 17.9 Å². The summed E-state index contributed by atoms with van der Waals surface area (Å²) < 4.78 is 6.25. The zero-order chi connectivity index (χ0) is 22.2. The molecular formula is C25H20ClNO5. The SMILES string of the molecule is O=C1[C@@H]2[C@H](c3ccc(Cl)cc3)OC3(C(=O)c4ccccc4C3=O)[C@H]2C(=O)N1C1CCCC1. The molecule has 2 heterocycles. The number of imide groups is 1. The van der Waals surface area contributed by atoms with E-state index in [1.165, 1.54) is 4.90 Å². The molecule has 3 fully saturated rings. The summed E-state index contributed by atoms with van der Waals surface area (Å²) in [5.41, 5.74) is -0.897. The Kier molecular flexibility index (Phi) is 4.23. The highest BCUT2D eigenvalue weighted by Gasteiger charge is 2.75. The molecule has 1 spiro atoms. The molecule has 0 unspecified atom stereocenters. The van der Waals surface area contributed by atoms with Gasteiger partial charge in [-0.1, -0.05) is 60.8 Å². The standard InChI is InChI=1S/C25H20ClNO5/c26-14-11-9-13(10-12-14)20-18-19(24(31)27(23(18)30)15-5-1-2-6-15)25(32-20)21(28)16-7-3-4-8-17(16)22(25)29/h3-4,7-12,15,18-20H,1-2,5-6H2/t18-,19+,20-/m0/s1. The Labute approximate surface area is 189 Å². The minimum atomic E-state index is -2.00. The molecule has 2 amide bonds. The molecule has 1 saturated carbocycles. The molecule has 2 aliphatic heterocycles. The number of nitrogens with zero attached hydrogens (tertiary/aromatic N) is 1. The third kappa shape index (κ3) is 2.39. The number of amides is 2. The first-order valence-corrected chi connectivity index (χ1v) is 11.3. The average molecular weight is 450 g/mol. The average Bonchev–Trinajstić information content (AvgIpc) is 3.54. The first-order chi connectivity index (χ1) is 15.4. The predicted molar refractivity (Wildman–Crippen MR) is 114 cm³/mol. The van der Waals surface area contributed by atoms with Gasteiger partial charge in [-0.2, -0.15) is 0 Å². The van der Waals surface area contributed by atoms with E-state index in [0.717, 1.165) is 25.7 Å². The minimum Gasteiger partial charge on any atom is -0.349 e. The van der Waals surface area contributed by atoms with Crippen LogP contribution < -0.4 is 0 Å². The predicted octanol–water partition coefficient (Wildman–Crippen LogP) is 3.77. The number of hydrogen-bond acceptors (Lipinski definition) is 5. The minimum absolute atomic E-state index is 0.183. The Morgan fingerprint density at radius 3 is 2.03 bits per heavy atom. The fraction of sp³-hybridized carbons (Fsp3) is 0.360. The van der Waals surface area contributed by atoms with Crippen LogP contribution in [-0.2, 0) is 14.3 Å². The van der Waals surface area contributed by atoms with Gasteiger partial charge in [-0.05, 0) is 30.5 Å². The highest BCUT2D eigenvalue weighted by Crippen LogP contribution is 2.58. The Bertz CT molecular complexity index is 1150. The van der Waals surface area contributed by atoms with Gasteiger partial charge < -0.3 is 4.74 Å². The summed E-state index contributed by atoms with van der Waals surface area (Å²) in [5.74, 6) is -3.95. The Balaban J connectivity index is 1.52. The first-order valence-electron chi connectivity index (χ1n) is 10.9. The van der Waals surface area contributed by atoms with Crippen molar-refractivity contribution in [2.75, 3.05) is 0 Å². The second-order valence-electron chi connectivity index (χ2n) is 9.02. The number of benzene rings is 2. The summed E-state index contributed by atoms with van der Waals surface area (Å²) in [6.45, 7) is 0. The summed E-state index contributed by atoms with van der Waals surface area (Å²) in [4.78, 5) is 56.0. The van der Waals surface area contributed by atoms with Crippen LogP contribution in [0.2, 0.25) is 5.02 Å². The van der Waals surface area contributed by atoms with Gasteiger partial charge in [-0.3, -0.25) is 24.1 Å². The molecule has 6 rings (SSSR count). The second-order valence-corrected chi connectivity index (χ2v) is 9.45. The van der Waals surface area contributed by atoms with Gasteiger partial charge in [0, 0.05) is 22.2 Å². The zero-order valence-corrected chi connectivity index (χ0v) is 17.9. The van der Waals surface area contributed by atoms with Gasteiger partial charge in [0.15, 0.2) is 0 Å². The molecule has 0 radical (unpaired) electrons. The Morgan fingerprint density at radius 1 is 0.844 bits per heavy atom. The molecule has 4 aliphatic rings. The van der Waals surface area contributed by atoms with Crippen LogP contribution in [0.15, 0.2) is 48.5 Å². The molecule has 7 heteroatoms. The van der Waals surface area contributed by atoms with Crippen molar-refractivity contribution in [3.63, 3.8) is 0 Å². The molecule has 6 nitrogen and oxygen atoms in total. The molecule has 2 aliphatic carbocycles. The molecule has 162 valence electrons. The number of fused-ring (bicyclic) bond motifs is 3. The molecule has 2 aromatic rings. The Morgan fingerprint density at radius 2 is 1.44 bits per heavy atom. The molecule has 32 heavy (non-hydrogen) atoms. The molecule has 0 N–H and O–H groups in total. The van der Waals surface area contributed by atoms with Crippen LogP contribution in [0, 0.1) is 11.8 Å². The summed E-state index contributed by atoms with van der Waals surface area (Å²) >= 11 is 6.04. The molecule has 3 atom stereocenters. The van der Waals surface area contributed by atoms with Gasteiger partial charge in [0.25, 0.3) is 0 Å². The number of halogens is 1. The van der Waals surface area contributed by atoms with E-state index in [1.807, 2.05) is 0 Å². The van der Waals surface area contributed by atoms with Crippen LogP contribution in [0.25, 0.3) is 0 Å². The van der Waals surface area contributed by atoms with Gasteiger partial charge in [0.1, 0.15) is 0 Å². The Hall–Kier alpha value is -2.83. The zero-order valence-electron chi connectivity index (χ0n) is 17.1. The van der Waals surface area contributed by atoms with Crippen molar-refractivity contribution < 1.29 is 23.9 Å². The molecule has 2 saturated heterocycles. The van der Waals surface area contributed by atoms with Crippen LogP contribution in [0.4, 0.5) is 0 Å². The van der Waals surface area contributed by atoms with E-state index in [0.29, 0.717) is 10.6 Å². The summed E-state index contributed by atoms with van der Waals surface area (Å²) in [6.07, 6.45) is 2.50. The third-order valence-electron chi connectivity index (χ3n) is 7.44. The van der Waals surface area contributed by atoms with Gasteiger partial charge in [-0.15, -0.1) is 0 Å². The molecule has 0 aromatic heterocycles. The monoisotopic (exact) mass is 449 g/mol. The quantitative estimate of drug-likeness (QED) is 0.515. The van der Waals surface area contributed by atoms with E-state index in [2.05, 4.69) is 0 Å². The maximum Gasteiger partial charge on any atom is 0.237 e. The fourth-order valence-corrected chi connectivity index (χ4v) is 6.14. The number of likely N-dealkylation sites (tertiary alicyclic amines) is 1. The third-order valence-corrected chi connectivity index (χ3v) is 7.69. The summed E-state index contributed by atoms with van der Waals surface area (Å²) in [7, 11) is 0. The van der Waals surface area contributed by atoms with Crippen LogP contribution in [-0.4, -0.2) is 39.9 Å². The van der Waals surface area contributed by atoms with Crippen molar-refractivity contribution in [3.8, 4) is 0 Å². The number of ether oxygens (including phenoxy) is 1. The van der Waals surface area contributed by atoms with E-state index in [1.54, 1.807) is 48.5 Å². The van der Waals surface area contributed by atoms with E-state index >= 15 is 0 Å². The number of rotatable bonds is 2. The number of hydrogen-bond donors (Lipinski definition) is 0. The van der Waals surface area contributed by atoms with Crippen molar-refractivity contribution in [3.05, 3.63) is 70.2 Å². The number of ketones is 2. The van der Waals surface area contributed by atoms with Gasteiger partial charge in [-0.25, -0.2) is 0 Å². The largest absolute Gasteiger partial charge is 0.349 e. The van der Waals surface area contributed by atoms with Crippen molar-refractivity contribution in [2.24, 2.45) is 11.8 Å². The maximum absolute atomic E-state index is 13.7. The lowest BCUT2D eigenvalue weighted by Crippen LogP contribution is -2.51. The number of Topliss-reactive ketones (excluding diaryl/α,β-unsaturated/α-hetero) is 2. The van der Waals surface area contributed by atoms with Crippen LogP contribution in [0.5, 0.6) is 0 Å². The van der Waals surface area contributed by atoms with Crippen LogP contribution in [0.3, 0.4) is 0 Å². The highest BCUT2D eigenvalue weighted by molar-refractivity contribution is 6.35. The molecule has 2 aromatic carbocycles. The van der Waals surface area contributed by atoms with E-state index in [-0.39, 0.29) is 23.1 Å². The fourth-order valence-electron chi connectivity index (χ4n) is 6.02. The van der Waals surface area contributed by atoms with Gasteiger partial charge in [0.2, 0.25) is 29.0 Å². The van der Waals surface area contributed by atoms with Crippen molar-refractivity contribution in [2.45, 2.75) is 43.4 Å². The second kappa shape index (κ2) is 6.83. The van der Waals surface area contributed by atoms with E-state index in [9.17, 15) is 19.2 Å². The van der Waals surface area contributed by atoms with Crippen molar-refractivity contribution in [1.29, 1.82) is 0 Å². The van der Waals surface area contributed by atoms with E-state index < -0.39 is 41.0 Å². The normalized spacial score (nSPS) is 28.8. The molecular weight excluding hydrogens is 430 g/mol. The van der Waals surface area contributed by atoms with Crippen LogP contribution in [0.1, 0.15) is 58.1 Å². The lowest BCUT2D eigenvalue weighted by molar-refractivity contribution is -0.147. The lowest BCUT2D eigenvalue weighted by Gasteiger charge is -2.29. The number of carbonyl (C=O) groups excluding carboxylic acids is 4. The lowest BCUT2D eigenvalue weighted by atomic mass is 9.77.